The number of aromatic nitrogens is 4. The molecule has 1 atom stereocenters. The molecular formula is C20H24N6O3. The number of nitrogens with zero attached hydrogens (tertiary/aromatic N) is 5. The van der Waals surface area contributed by atoms with E-state index in [2.05, 4.69) is 20.6 Å². The third-order valence-electron chi connectivity index (χ3n) is 5.96. The topological polar surface area (TPSA) is 102 Å². The molecule has 5 rings (SSSR count). The first-order valence-electron chi connectivity index (χ1n) is 10.2. The van der Waals surface area contributed by atoms with E-state index in [1.807, 2.05) is 15.6 Å². The number of nitrogens with one attached hydrogen (secondary N) is 1. The number of rotatable bonds is 4. The van der Waals surface area contributed by atoms with Crippen molar-refractivity contribution in [2.45, 2.75) is 51.0 Å². The summed E-state index contributed by atoms with van der Waals surface area (Å²) in [6, 6.07) is 5.36. The highest BCUT2D eigenvalue weighted by molar-refractivity contribution is 5.92. The van der Waals surface area contributed by atoms with E-state index in [1.165, 1.54) is 0 Å². The summed E-state index contributed by atoms with van der Waals surface area (Å²) in [6.45, 7) is 2.52. The molecule has 2 aromatic heterocycles. The maximum Gasteiger partial charge on any atom is 0.272 e. The normalized spacial score (nSPS) is 23.7. The molecule has 152 valence electrons. The average Bonchev–Trinajstić information content (AvgIpc) is 3.53. The molecule has 4 heterocycles. The summed E-state index contributed by atoms with van der Waals surface area (Å²) in [6.07, 6.45) is 5.32. The molecular weight excluding hydrogens is 372 g/mol. The Kier molecular flexibility index (Phi) is 4.54. The smallest absolute Gasteiger partial charge is 0.272 e. The standard InChI is InChI=1S/C20H24N6O3/c27-18(14-5-6-14)22-10-16-17-11-29-20(13-26(17)24-23-16)7-3-9-25(12-20)19(28)15-4-1-2-8-21-15/h1-2,4,8,14H,3,5-7,9-13H2,(H,22,27). The first-order valence-corrected chi connectivity index (χ1v) is 10.2. The molecule has 0 bridgehead atoms. The van der Waals surface area contributed by atoms with Gasteiger partial charge in [0.25, 0.3) is 5.91 Å². The zero-order valence-electron chi connectivity index (χ0n) is 16.2. The zero-order valence-corrected chi connectivity index (χ0v) is 16.2. The Bertz CT molecular complexity index is 926. The monoisotopic (exact) mass is 396 g/mol. The van der Waals surface area contributed by atoms with Crippen molar-refractivity contribution in [2.75, 3.05) is 13.1 Å². The first kappa shape index (κ1) is 18.2. The van der Waals surface area contributed by atoms with Crippen LogP contribution in [0.25, 0.3) is 0 Å². The van der Waals surface area contributed by atoms with Crippen LogP contribution in [0.15, 0.2) is 24.4 Å². The minimum atomic E-state index is -0.460. The van der Waals surface area contributed by atoms with E-state index in [9.17, 15) is 9.59 Å². The summed E-state index contributed by atoms with van der Waals surface area (Å²) in [4.78, 5) is 30.7. The summed E-state index contributed by atoms with van der Waals surface area (Å²) < 4.78 is 8.16. The largest absolute Gasteiger partial charge is 0.365 e. The van der Waals surface area contributed by atoms with Crippen LogP contribution < -0.4 is 5.32 Å². The van der Waals surface area contributed by atoms with Crippen LogP contribution in [0.5, 0.6) is 0 Å². The molecule has 3 aliphatic rings. The summed E-state index contributed by atoms with van der Waals surface area (Å²) in [5.41, 5.74) is 1.65. The number of pyridine rings is 1. The predicted molar refractivity (Wildman–Crippen MR) is 101 cm³/mol. The Morgan fingerprint density at radius 3 is 2.97 bits per heavy atom. The molecule has 1 saturated carbocycles. The molecule has 1 aliphatic carbocycles. The number of carbonyl (C=O) groups is 2. The van der Waals surface area contributed by atoms with Crippen LogP contribution in [0.4, 0.5) is 0 Å². The van der Waals surface area contributed by atoms with E-state index < -0.39 is 5.60 Å². The van der Waals surface area contributed by atoms with E-state index in [-0.39, 0.29) is 17.7 Å². The van der Waals surface area contributed by atoms with Crippen molar-refractivity contribution in [1.29, 1.82) is 0 Å². The van der Waals surface area contributed by atoms with Crippen molar-refractivity contribution in [1.82, 2.24) is 30.2 Å². The summed E-state index contributed by atoms with van der Waals surface area (Å²) in [7, 11) is 0. The fourth-order valence-electron chi connectivity index (χ4n) is 4.16. The van der Waals surface area contributed by atoms with E-state index in [4.69, 9.17) is 4.74 Å². The Morgan fingerprint density at radius 1 is 1.28 bits per heavy atom. The molecule has 1 N–H and O–H groups in total. The van der Waals surface area contributed by atoms with Crippen LogP contribution in [0.2, 0.25) is 0 Å². The van der Waals surface area contributed by atoms with Gasteiger partial charge in [0.15, 0.2) is 0 Å². The highest BCUT2D eigenvalue weighted by atomic mass is 16.5. The molecule has 0 radical (unpaired) electrons. The van der Waals surface area contributed by atoms with Gasteiger partial charge < -0.3 is 15.0 Å². The summed E-state index contributed by atoms with van der Waals surface area (Å²) >= 11 is 0. The van der Waals surface area contributed by atoms with Crippen molar-refractivity contribution in [2.24, 2.45) is 5.92 Å². The van der Waals surface area contributed by atoms with Crippen molar-refractivity contribution in [3.05, 3.63) is 41.5 Å². The number of piperidine rings is 1. The van der Waals surface area contributed by atoms with Gasteiger partial charge in [-0.05, 0) is 37.8 Å². The van der Waals surface area contributed by atoms with Gasteiger partial charge in [0.2, 0.25) is 5.91 Å². The molecule has 0 aromatic carbocycles. The van der Waals surface area contributed by atoms with Gasteiger partial charge >= 0.3 is 0 Å². The fraction of sp³-hybridized carbons (Fsp3) is 0.550. The molecule has 29 heavy (non-hydrogen) atoms. The molecule has 9 heteroatoms. The van der Waals surface area contributed by atoms with Crippen LogP contribution in [-0.2, 0) is 29.2 Å². The zero-order chi connectivity index (χ0) is 19.8. The lowest BCUT2D eigenvalue weighted by Gasteiger charge is -2.44. The quantitative estimate of drug-likeness (QED) is 0.824. The van der Waals surface area contributed by atoms with Crippen LogP contribution in [0, 0.1) is 5.92 Å². The van der Waals surface area contributed by atoms with Gasteiger partial charge in [-0.25, -0.2) is 4.68 Å². The van der Waals surface area contributed by atoms with Gasteiger partial charge in [-0.3, -0.25) is 14.6 Å². The third kappa shape index (κ3) is 3.62. The predicted octanol–water partition coefficient (Wildman–Crippen LogP) is 0.904. The fourth-order valence-corrected chi connectivity index (χ4v) is 4.16. The van der Waals surface area contributed by atoms with Crippen molar-refractivity contribution < 1.29 is 14.3 Å². The lowest BCUT2D eigenvalue weighted by Crippen LogP contribution is -2.55. The molecule has 9 nitrogen and oxygen atoms in total. The Hall–Kier alpha value is -2.81. The molecule has 1 spiro atoms. The van der Waals surface area contributed by atoms with E-state index in [1.54, 1.807) is 18.3 Å². The minimum absolute atomic E-state index is 0.0684. The number of hydrogen-bond donors (Lipinski definition) is 1. The van der Waals surface area contributed by atoms with Crippen LogP contribution >= 0.6 is 0 Å². The van der Waals surface area contributed by atoms with Gasteiger partial charge in [0.1, 0.15) is 17.0 Å². The van der Waals surface area contributed by atoms with Gasteiger partial charge in [-0.1, -0.05) is 11.3 Å². The molecule has 2 amide bonds. The molecule has 1 saturated heterocycles. The number of likely N-dealkylation sites (tertiary alicyclic amines) is 1. The van der Waals surface area contributed by atoms with E-state index in [0.29, 0.717) is 38.5 Å². The van der Waals surface area contributed by atoms with E-state index in [0.717, 1.165) is 37.1 Å². The molecule has 1 unspecified atom stereocenters. The van der Waals surface area contributed by atoms with Crippen LogP contribution in [0.3, 0.4) is 0 Å². The van der Waals surface area contributed by atoms with Gasteiger partial charge in [-0.15, -0.1) is 5.10 Å². The number of ether oxygens (including phenoxy) is 1. The second-order valence-electron chi connectivity index (χ2n) is 8.15. The van der Waals surface area contributed by atoms with Gasteiger partial charge in [0.05, 0.1) is 31.9 Å². The SMILES string of the molecule is O=C(NCc1nnn2c1COC1(CCCN(C(=O)c3ccccn3)C1)C2)C1CC1. The van der Waals surface area contributed by atoms with Crippen molar-refractivity contribution in [3.8, 4) is 0 Å². The van der Waals surface area contributed by atoms with Gasteiger partial charge in [-0.2, -0.15) is 0 Å². The number of amides is 2. The van der Waals surface area contributed by atoms with Crippen molar-refractivity contribution in [3.63, 3.8) is 0 Å². The second-order valence-corrected chi connectivity index (χ2v) is 8.15. The third-order valence-corrected chi connectivity index (χ3v) is 5.96. The first-order chi connectivity index (χ1) is 14.1. The molecule has 2 aliphatic heterocycles. The second kappa shape index (κ2) is 7.22. The Labute approximate surface area is 168 Å². The maximum atomic E-state index is 12.8. The summed E-state index contributed by atoms with van der Waals surface area (Å²) in [5, 5.41) is 11.5. The van der Waals surface area contributed by atoms with Crippen LogP contribution in [-0.4, -0.2) is 55.4 Å². The lowest BCUT2D eigenvalue weighted by molar-refractivity contribution is -0.123. The lowest BCUT2D eigenvalue weighted by atomic mass is 9.91. The van der Waals surface area contributed by atoms with Gasteiger partial charge in [0, 0.05) is 18.7 Å². The number of hydrogen-bond acceptors (Lipinski definition) is 6. The van der Waals surface area contributed by atoms with Crippen molar-refractivity contribution >= 4 is 11.8 Å². The highest BCUT2D eigenvalue weighted by Gasteiger charge is 2.42. The highest BCUT2D eigenvalue weighted by Crippen LogP contribution is 2.33. The molecule has 2 aromatic rings. The van der Waals surface area contributed by atoms with E-state index >= 15 is 0 Å². The number of carbonyl (C=O) groups excluding carboxylic acids is 2. The minimum Gasteiger partial charge on any atom is -0.365 e. The molecule has 2 fully saturated rings. The van der Waals surface area contributed by atoms with Crippen LogP contribution in [0.1, 0.15) is 47.6 Å². The summed E-state index contributed by atoms with van der Waals surface area (Å²) in [5.74, 6) is 0.197. The average molecular weight is 396 g/mol. The Balaban J connectivity index is 1.27. The Morgan fingerprint density at radius 2 is 2.17 bits per heavy atom. The number of fused-ring (bicyclic) bond motifs is 1. The maximum absolute atomic E-state index is 12.8.